The van der Waals surface area contributed by atoms with Crippen LogP contribution < -0.4 is 5.73 Å². The van der Waals surface area contributed by atoms with E-state index in [1.807, 2.05) is 0 Å². The van der Waals surface area contributed by atoms with Gasteiger partial charge in [0.1, 0.15) is 5.60 Å². The van der Waals surface area contributed by atoms with Crippen molar-refractivity contribution < 1.29 is 5.11 Å². The molecule has 0 amide bonds. The Kier molecular flexibility index (Phi) is 2.26. The molecule has 0 atom stereocenters. The summed E-state index contributed by atoms with van der Waals surface area (Å²) in [4.78, 5) is 3.94. The minimum absolute atomic E-state index is 0.412. The van der Waals surface area contributed by atoms with Crippen LogP contribution in [-0.2, 0) is 5.60 Å². The second kappa shape index (κ2) is 2.92. The molecule has 1 aromatic heterocycles. The van der Waals surface area contributed by atoms with Crippen LogP contribution in [0.2, 0.25) is 5.02 Å². The zero-order valence-corrected chi connectivity index (χ0v) is 7.76. The second-order valence-corrected chi connectivity index (χ2v) is 3.59. The predicted molar refractivity (Wildman–Crippen MR) is 48.9 cm³/mol. The quantitative estimate of drug-likeness (QED) is 0.700. The topological polar surface area (TPSA) is 59.1 Å². The number of anilines is 1. The first kappa shape index (κ1) is 9.29. The zero-order valence-electron chi connectivity index (χ0n) is 7.00. The zero-order chi connectivity index (χ0) is 9.35. The first-order chi connectivity index (χ1) is 5.41. The molecule has 0 aliphatic heterocycles. The van der Waals surface area contributed by atoms with Crippen molar-refractivity contribution >= 4 is 17.3 Å². The van der Waals surface area contributed by atoms with Crippen molar-refractivity contribution in [3.8, 4) is 0 Å². The fourth-order valence-electron chi connectivity index (χ4n) is 0.966. The van der Waals surface area contributed by atoms with Crippen molar-refractivity contribution in [1.29, 1.82) is 0 Å². The van der Waals surface area contributed by atoms with Gasteiger partial charge in [-0.3, -0.25) is 4.98 Å². The van der Waals surface area contributed by atoms with E-state index in [-0.39, 0.29) is 0 Å². The van der Waals surface area contributed by atoms with Crippen LogP contribution in [0.25, 0.3) is 0 Å². The highest BCUT2D eigenvalue weighted by Crippen LogP contribution is 2.24. The van der Waals surface area contributed by atoms with E-state index in [9.17, 15) is 5.11 Å². The molecule has 0 aromatic carbocycles. The summed E-state index contributed by atoms with van der Waals surface area (Å²) in [6.07, 6.45) is 1.46. The average Bonchev–Trinajstić information content (AvgIpc) is 1.83. The summed E-state index contributed by atoms with van der Waals surface area (Å²) < 4.78 is 0. The number of aliphatic hydroxyl groups is 1. The standard InChI is InChI=1S/C8H11ClN2O/c1-8(2,12)7-6(10)3-5(9)4-11-7/h3-4,12H,10H2,1-2H3. The molecule has 0 fully saturated rings. The molecule has 0 aliphatic carbocycles. The van der Waals surface area contributed by atoms with Crippen molar-refractivity contribution in [2.75, 3.05) is 5.73 Å². The minimum Gasteiger partial charge on any atom is -0.397 e. The van der Waals surface area contributed by atoms with E-state index in [0.29, 0.717) is 16.4 Å². The summed E-state index contributed by atoms with van der Waals surface area (Å²) in [5.74, 6) is 0. The van der Waals surface area contributed by atoms with Gasteiger partial charge >= 0.3 is 0 Å². The summed E-state index contributed by atoms with van der Waals surface area (Å²) in [7, 11) is 0. The maximum Gasteiger partial charge on any atom is 0.103 e. The van der Waals surface area contributed by atoms with Crippen LogP contribution >= 0.6 is 11.6 Å². The Morgan fingerprint density at radius 3 is 2.58 bits per heavy atom. The molecule has 0 spiro atoms. The van der Waals surface area contributed by atoms with Crippen molar-refractivity contribution in [2.45, 2.75) is 19.4 Å². The van der Waals surface area contributed by atoms with Gasteiger partial charge in [-0.25, -0.2) is 0 Å². The number of hydrogen-bond donors (Lipinski definition) is 2. The molecule has 12 heavy (non-hydrogen) atoms. The Morgan fingerprint density at radius 1 is 1.58 bits per heavy atom. The van der Waals surface area contributed by atoms with Gasteiger partial charge in [0.25, 0.3) is 0 Å². The minimum atomic E-state index is -1.02. The van der Waals surface area contributed by atoms with Gasteiger partial charge in [-0.1, -0.05) is 11.6 Å². The predicted octanol–water partition coefficient (Wildman–Crippen LogP) is 1.54. The lowest BCUT2D eigenvalue weighted by atomic mass is 10.0. The van der Waals surface area contributed by atoms with Gasteiger partial charge in [0, 0.05) is 6.20 Å². The van der Waals surface area contributed by atoms with Crippen LogP contribution in [0.1, 0.15) is 19.5 Å². The molecule has 0 bridgehead atoms. The molecule has 1 aromatic rings. The number of pyridine rings is 1. The summed E-state index contributed by atoms with van der Waals surface area (Å²) in [5.41, 5.74) is 5.44. The number of halogens is 1. The summed E-state index contributed by atoms with van der Waals surface area (Å²) in [6.45, 7) is 3.25. The van der Waals surface area contributed by atoms with Crippen molar-refractivity contribution in [3.63, 3.8) is 0 Å². The molecular formula is C8H11ClN2O. The van der Waals surface area contributed by atoms with Gasteiger partial charge in [-0.2, -0.15) is 0 Å². The van der Waals surface area contributed by atoms with Gasteiger partial charge in [0.2, 0.25) is 0 Å². The molecular weight excluding hydrogens is 176 g/mol. The van der Waals surface area contributed by atoms with Crippen molar-refractivity contribution in [3.05, 3.63) is 23.0 Å². The van der Waals surface area contributed by atoms with Gasteiger partial charge in [0.05, 0.1) is 16.4 Å². The van der Waals surface area contributed by atoms with Crippen LogP contribution in [0, 0.1) is 0 Å². The van der Waals surface area contributed by atoms with Crippen LogP contribution in [0.3, 0.4) is 0 Å². The molecule has 1 rings (SSSR count). The molecule has 66 valence electrons. The highest BCUT2D eigenvalue weighted by Gasteiger charge is 2.20. The Labute approximate surface area is 76.2 Å². The first-order valence-electron chi connectivity index (χ1n) is 3.55. The number of nitrogen functional groups attached to an aromatic ring is 1. The molecule has 0 radical (unpaired) electrons. The van der Waals surface area contributed by atoms with E-state index in [1.54, 1.807) is 19.9 Å². The maximum absolute atomic E-state index is 9.58. The third kappa shape index (κ3) is 1.87. The second-order valence-electron chi connectivity index (χ2n) is 3.15. The molecule has 0 saturated heterocycles. The van der Waals surface area contributed by atoms with Crippen LogP contribution in [0.4, 0.5) is 5.69 Å². The van der Waals surface area contributed by atoms with Gasteiger partial charge in [-0.05, 0) is 19.9 Å². The van der Waals surface area contributed by atoms with Gasteiger partial charge < -0.3 is 10.8 Å². The number of nitrogens with two attached hydrogens (primary N) is 1. The first-order valence-corrected chi connectivity index (χ1v) is 3.93. The van der Waals surface area contributed by atoms with Crippen LogP contribution in [0.5, 0.6) is 0 Å². The lowest BCUT2D eigenvalue weighted by Crippen LogP contribution is -2.19. The fourth-order valence-corrected chi connectivity index (χ4v) is 1.13. The maximum atomic E-state index is 9.58. The number of hydrogen-bond acceptors (Lipinski definition) is 3. The Hall–Kier alpha value is -0.800. The van der Waals surface area contributed by atoms with Crippen LogP contribution in [-0.4, -0.2) is 10.1 Å². The normalized spacial score (nSPS) is 11.7. The average molecular weight is 187 g/mol. The molecule has 4 heteroatoms. The number of rotatable bonds is 1. The molecule has 1 heterocycles. The van der Waals surface area contributed by atoms with E-state index >= 15 is 0 Å². The molecule has 0 saturated carbocycles. The largest absolute Gasteiger partial charge is 0.397 e. The number of nitrogens with zero attached hydrogens (tertiary/aromatic N) is 1. The monoisotopic (exact) mass is 186 g/mol. The van der Waals surface area contributed by atoms with Crippen molar-refractivity contribution in [1.82, 2.24) is 4.98 Å². The smallest absolute Gasteiger partial charge is 0.103 e. The highest BCUT2D eigenvalue weighted by atomic mass is 35.5. The Morgan fingerprint density at radius 2 is 2.17 bits per heavy atom. The van der Waals surface area contributed by atoms with Gasteiger partial charge in [0.15, 0.2) is 0 Å². The molecule has 0 unspecified atom stereocenters. The lowest BCUT2D eigenvalue weighted by Gasteiger charge is -2.18. The molecule has 0 aliphatic rings. The Balaban J connectivity index is 3.19. The highest BCUT2D eigenvalue weighted by molar-refractivity contribution is 6.30. The lowest BCUT2D eigenvalue weighted by molar-refractivity contribution is 0.0747. The van der Waals surface area contributed by atoms with E-state index in [2.05, 4.69) is 4.98 Å². The van der Waals surface area contributed by atoms with E-state index in [0.717, 1.165) is 0 Å². The summed E-state index contributed by atoms with van der Waals surface area (Å²) in [5, 5.41) is 10.0. The van der Waals surface area contributed by atoms with E-state index in [4.69, 9.17) is 17.3 Å². The third-order valence-corrected chi connectivity index (χ3v) is 1.67. The van der Waals surface area contributed by atoms with Crippen LogP contribution in [0.15, 0.2) is 12.3 Å². The van der Waals surface area contributed by atoms with Gasteiger partial charge in [-0.15, -0.1) is 0 Å². The third-order valence-electron chi connectivity index (χ3n) is 1.46. The number of aromatic nitrogens is 1. The van der Waals surface area contributed by atoms with E-state index < -0.39 is 5.60 Å². The fraction of sp³-hybridized carbons (Fsp3) is 0.375. The SMILES string of the molecule is CC(C)(O)c1ncc(Cl)cc1N. The Bertz CT molecular complexity index is 294. The molecule has 3 N–H and O–H groups in total. The van der Waals surface area contributed by atoms with E-state index in [1.165, 1.54) is 6.20 Å². The summed E-state index contributed by atoms with van der Waals surface area (Å²) in [6, 6.07) is 1.57. The summed E-state index contributed by atoms with van der Waals surface area (Å²) >= 11 is 5.64. The molecule has 3 nitrogen and oxygen atoms in total. The van der Waals surface area contributed by atoms with Crippen molar-refractivity contribution in [2.24, 2.45) is 0 Å².